The molecule has 1 aromatic heterocycles. The van der Waals surface area contributed by atoms with Crippen molar-refractivity contribution in [2.45, 2.75) is 51.0 Å². The van der Waals surface area contributed by atoms with Crippen molar-refractivity contribution in [3.63, 3.8) is 0 Å². The second kappa shape index (κ2) is 6.01. The van der Waals surface area contributed by atoms with E-state index in [0.717, 1.165) is 22.0 Å². The predicted octanol–water partition coefficient (Wildman–Crippen LogP) is 5.27. The highest BCUT2D eigenvalue weighted by molar-refractivity contribution is 9.10. The van der Waals surface area contributed by atoms with Crippen LogP contribution in [0.15, 0.2) is 16.7 Å². The van der Waals surface area contributed by atoms with E-state index in [4.69, 9.17) is 11.6 Å². The Labute approximate surface area is 128 Å². The molecule has 0 saturated heterocycles. The lowest BCUT2D eigenvalue weighted by atomic mass is 9.69. The average molecular weight is 344 g/mol. The van der Waals surface area contributed by atoms with Crippen LogP contribution in [0.2, 0.25) is 5.15 Å². The van der Waals surface area contributed by atoms with Crippen LogP contribution in [0.25, 0.3) is 0 Å². The zero-order chi connectivity index (χ0) is 13.2. The van der Waals surface area contributed by atoms with Gasteiger partial charge in [-0.05, 0) is 53.1 Å². The monoisotopic (exact) mass is 342 g/mol. The smallest absolute Gasteiger partial charge is 0.143 e. The summed E-state index contributed by atoms with van der Waals surface area (Å²) >= 11 is 9.36. The number of pyridine rings is 1. The lowest BCUT2D eigenvalue weighted by Gasteiger charge is -2.39. The molecule has 0 amide bonds. The van der Waals surface area contributed by atoms with Gasteiger partial charge in [-0.15, -0.1) is 0 Å². The third kappa shape index (κ3) is 3.25. The molecular weight excluding hydrogens is 324 g/mol. The molecule has 2 nitrogen and oxygen atoms in total. The van der Waals surface area contributed by atoms with Gasteiger partial charge in [0.1, 0.15) is 5.15 Å². The van der Waals surface area contributed by atoms with Crippen LogP contribution in [0.4, 0.5) is 5.69 Å². The third-order valence-corrected chi connectivity index (χ3v) is 5.84. The van der Waals surface area contributed by atoms with Crippen molar-refractivity contribution in [2.24, 2.45) is 11.8 Å². The van der Waals surface area contributed by atoms with Crippen LogP contribution >= 0.6 is 27.5 Å². The number of rotatable bonds is 2. The number of aromatic nitrogens is 1. The zero-order valence-electron chi connectivity index (χ0n) is 11.0. The first-order valence-corrected chi connectivity index (χ1v) is 8.47. The van der Waals surface area contributed by atoms with Crippen molar-refractivity contribution in [3.8, 4) is 0 Å². The maximum atomic E-state index is 5.93. The maximum absolute atomic E-state index is 5.93. The molecule has 1 N–H and O–H groups in total. The molecule has 1 aromatic rings. The molecule has 0 radical (unpaired) electrons. The molecule has 2 aliphatic rings. The standard InChI is InChI=1S/C15H20BrClN2/c16-14-8-13(9-18-15(14)17)19-12-6-5-10-3-1-2-4-11(10)7-12/h8-12,19H,1-7H2. The molecule has 3 rings (SSSR count). The first kappa shape index (κ1) is 13.7. The number of nitrogens with one attached hydrogen (secondary N) is 1. The van der Waals surface area contributed by atoms with Gasteiger partial charge in [0.2, 0.25) is 0 Å². The van der Waals surface area contributed by atoms with Crippen LogP contribution in [0, 0.1) is 11.8 Å². The summed E-state index contributed by atoms with van der Waals surface area (Å²) < 4.78 is 0.866. The van der Waals surface area contributed by atoms with E-state index in [1.54, 1.807) is 0 Å². The van der Waals surface area contributed by atoms with E-state index in [1.165, 1.54) is 44.9 Å². The molecule has 0 aliphatic heterocycles. The summed E-state index contributed by atoms with van der Waals surface area (Å²) in [6.45, 7) is 0. The Bertz CT molecular complexity index is 452. The molecular formula is C15H20BrClN2. The second-order valence-electron chi connectivity index (χ2n) is 5.96. The van der Waals surface area contributed by atoms with Crippen molar-refractivity contribution in [1.29, 1.82) is 0 Å². The Hall–Kier alpha value is -0.280. The van der Waals surface area contributed by atoms with E-state index in [0.29, 0.717) is 11.2 Å². The number of hydrogen-bond donors (Lipinski definition) is 1. The summed E-state index contributed by atoms with van der Waals surface area (Å²) in [5, 5.41) is 4.16. The summed E-state index contributed by atoms with van der Waals surface area (Å²) in [6, 6.07) is 2.64. The quantitative estimate of drug-likeness (QED) is 0.740. The Morgan fingerprint density at radius 3 is 2.74 bits per heavy atom. The van der Waals surface area contributed by atoms with Crippen LogP contribution in [0.3, 0.4) is 0 Å². The van der Waals surface area contributed by atoms with Crippen molar-refractivity contribution in [3.05, 3.63) is 21.9 Å². The Balaban J connectivity index is 1.62. The molecule has 1 heterocycles. The lowest BCUT2D eigenvalue weighted by molar-refractivity contribution is 0.162. The number of hydrogen-bond acceptors (Lipinski definition) is 2. The maximum Gasteiger partial charge on any atom is 0.143 e. The highest BCUT2D eigenvalue weighted by Crippen LogP contribution is 2.41. The molecule has 0 spiro atoms. The van der Waals surface area contributed by atoms with E-state index >= 15 is 0 Å². The number of anilines is 1. The van der Waals surface area contributed by atoms with Crippen molar-refractivity contribution < 1.29 is 0 Å². The summed E-state index contributed by atoms with van der Waals surface area (Å²) in [5.74, 6) is 1.95. The van der Waals surface area contributed by atoms with Gasteiger partial charge in [0.25, 0.3) is 0 Å². The summed E-state index contributed by atoms with van der Waals surface area (Å²) in [5.41, 5.74) is 1.08. The molecule has 3 atom stereocenters. The van der Waals surface area contributed by atoms with Gasteiger partial charge in [0, 0.05) is 6.04 Å². The Morgan fingerprint density at radius 2 is 1.95 bits per heavy atom. The van der Waals surface area contributed by atoms with E-state index < -0.39 is 0 Å². The van der Waals surface area contributed by atoms with Crippen LogP contribution in [0.1, 0.15) is 44.9 Å². The summed E-state index contributed by atoms with van der Waals surface area (Å²) in [7, 11) is 0. The highest BCUT2D eigenvalue weighted by Gasteiger charge is 2.32. The van der Waals surface area contributed by atoms with Gasteiger partial charge in [-0.25, -0.2) is 4.98 Å². The van der Waals surface area contributed by atoms with E-state index in [1.807, 2.05) is 12.3 Å². The molecule has 2 aliphatic carbocycles. The minimum Gasteiger partial charge on any atom is -0.381 e. The molecule has 3 unspecified atom stereocenters. The first-order valence-electron chi connectivity index (χ1n) is 7.30. The highest BCUT2D eigenvalue weighted by atomic mass is 79.9. The molecule has 2 saturated carbocycles. The summed E-state index contributed by atoms with van der Waals surface area (Å²) in [4.78, 5) is 4.18. The average Bonchev–Trinajstić information content (AvgIpc) is 2.43. The van der Waals surface area contributed by atoms with Crippen LogP contribution in [-0.2, 0) is 0 Å². The fraction of sp³-hybridized carbons (Fsp3) is 0.667. The minimum atomic E-state index is 0.529. The van der Waals surface area contributed by atoms with Gasteiger partial charge in [0.15, 0.2) is 0 Å². The number of halogens is 2. The molecule has 0 aromatic carbocycles. The minimum absolute atomic E-state index is 0.529. The van der Waals surface area contributed by atoms with Gasteiger partial charge >= 0.3 is 0 Å². The third-order valence-electron chi connectivity index (χ3n) is 4.71. The van der Waals surface area contributed by atoms with Gasteiger partial charge in [-0.1, -0.05) is 37.3 Å². The van der Waals surface area contributed by atoms with Crippen molar-refractivity contribution >= 4 is 33.2 Å². The fourth-order valence-corrected chi connectivity index (χ4v) is 4.19. The second-order valence-corrected chi connectivity index (χ2v) is 7.17. The fourth-order valence-electron chi connectivity index (χ4n) is 3.74. The zero-order valence-corrected chi connectivity index (χ0v) is 13.4. The topological polar surface area (TPSA) is 24.9 Å². The summed E-state index contributed by atoms with van der Waals surface area (Å²) in [6.07, 6.45) is 11.6. The van der Waals surface area contributed by atoms with Gasteiger partial charge in [0.05, 0.1) is 16.4 Å². The SMILES string of the molecule is Clc1ncc(NC2CCC3CCCCC3C2)cc1Br. The molecule has 19 heavy (non-hydrogen) atoms. The lowest BCUT2D eigenvalue weighted by Crippen LogP contribution is -2.34. The van der Waals surface area contributed by atoms with Gasteiger partial charge < -0.3 is 5.32 Å². The van der Waals surface area contributed by atoms with Crippen LogP contribution < -0.4 is 5.32 Å². The van der Waals surface area contributed by atoms with E-state index in [-0.39, 0.29) is 0 Å². The van der Waals surface area contributed by atoms with Crippen LogP contribution in [0.5, 0.6) is 0 Å². The molecule has 2 fully saturated rings. The molecule has 0 bridgehead atoms. The Kier molecular flexibility index (Phi) is 4.33. The first-order chi connectivity index (χ1) is 9.22. The number of fused-ring (bicyclic) bond motifs is 1. The molecule has 104 valence electrons. The largest absolute Gasteiger partial charge is 0.381 e. The normalized spacial score (nSPS) is 30.7. The van der Waals surface area contributed by atoms with Crippen molar-refractivity contribution in [1.82, 2.24) is 4.98 Å². The van der Waals surface area contributed by atoms with Crippen LogP contribution in [-0.4, -0.2) is 11.0 Å². The van der Waals surface area contributed by atoms with Crippen molar-refractivity contribution in [2.75, 3.05) is 5.32 Å². The number of nitrogens with zero attached hydrogens (tertiary/aromatic N) is 1. The predicted molar refractivity (Wildman–Crippen MR) is 83.7 cm³/mol. The van der Waals surface area contributed by atoms with Gasteiger partial charge in [-0.3, -0.25) is 0 Å². The van der Waals surface area contributed by atoms with E-state index in [9.17, 15) is 0 Å². The molecule has 4 heteroatoms. The Morgan fingerprint density at radius 1 is 1.16 bits per heavy atom. The van der Waals surface area contributed by atoms with E-state index in [2.05, 4.69) is 26.2 Å². The van der Waals surface area contributed by atoms with Gasteiger partial charge in [-0.2, -0.15) is 0 Å².